The lowest BCUT2D eigenvalue weighted by atomic mass is 9.88. The Morgan fingerprint density at radius 2 is 1.96 bits per heavy atom. The van der Waals surface area contributed by atoms with E-state index in [4.69, 9.17) is 0 Å². The molecule has 23 heavy (non-hydrogen) atoms. The summed E-state index contributed by atoms with van der Waals surface area (Å²) in [5, 5.41) is 0. The van der Waals surface area contributed by atoms with Crippen molar-refractivity contribution in [3.8, 4) is 0 Å². The quantitative estimate of drug-likeness (QED) is 0.849. The Balaban J connectivity index is 1.70. The lowest BCUT2D eigenvalue weighted by Crippen LogP contribution is -2.51. The van der Waals surface area contributed by atoms with Gasteiger partial charge < -0.3 is 0 Å². The normalized spacial score (nSPS) is 16.0. The maximum absolute atomic E-state index is 12.9. The molecule has 3 heteroatoms. The van der Waals surface area contributed by atoms with Gasteiger partial charge in [0.05, 0.1) is 0 Å². The van der Waals surface area contributed by atoms with Crippen LogP contribution in [0.4, 0.5) is 5.82 Å². The van der Waals surface area contributed by atoms with E-state index >= 15 is 0 Å². The van der Waals surface area contributed by atoms with Gasteiger partial charge in [-0.15, -0.1) is 0 Å². The highest BCUT2D eigenvalue weighted by molar-refractivity contribution is 5.94. The maximum Gasteiger partial charge on any atom is 0.228 e. The predicted octanol–water partition coefficient (Wildman–Crippen LogP) is 4.16. The highest BCUT2D eigenvalue weighted by Gasteiger charge is 2.37. The molecule has 0 atom stereocenters. The molecule has 3 nitrogen and oxygen atoms in total. The molecule has 0 spiro atoms. The first-order chi connectivity index (χ1) is 11.1. The van der Waals surface area contributed by atoms with E-state index in [-0.39, 0.29) is 11.4 Å². The van der Waals surface area contributed by atoms with E-state index in [9.17, 15) is 4.79 Å². The molecule has 2 heterocycles. The van der Waals surface area contributed by atoms with Crippen molar-refractivity contribution in [1.82, 2.24) is 4.98 Å². The number of benzene rings is 1. The van der Waals surface area contributed by atoms with E-state index < -0.39 is 0 Å². The van der Waals surface area contributed by atoms with Crippen LogP contribution in [0, 0.1) is 0 Å². The third-order valence-electron chi connectivity index (χ3n) is 4.64. The van der Waals surface area contributed by atoms with Crippen LogP contribution in [0.25, 0.3) is 0 Å². The van der Waals surface area contributed by atoms with Crippen LogP contribution in [-0.2, 0) is 17.6 Å². The Bertz CT molecular complexity index is 679. The molecule has 2 aromatic rings. The molecule has 120 valence electrons. The number of hydrogen-bond donors (Lipinski definition) is 0. The maximum atomic E-state index is 12.9. The van der Waals surface area contributed by atoms with Crippen LogP contribution in [0.2, 0.25) is 0 Å². The molecule has 0 N–H and O–H groups in total. The minimum Gasteiger partial charge on any atom is -0.291 e. The van der Waals surface area contributed by atoms with Gasteiger partial charge >= 0.3 is 0 Å². The van der Waals surface area contributed by atoms with Gasteiger partial charge in [0.15, 0.2) is 0 Å². The SMILES string of the molecule is CC1(C)CCc2cccnc2N1C(=O)CCCc1ccccc1. The first-order valence-electron chi connectivity index (χ1n) is 8.39. The van der Waals surface area contributed by atoms with Gasteiger partial charge in [-0.05, 0) is 56.7 Å². The van der Waals surface area contributed by atoms with Gasteiger partial charge in [0.25, 0.3) is 0 Å². The molecule has 0 saturated heterocycles. The molecule has 0 aliphatic carbocycles. The minimum absolute atomic E-state index is 0.162. The average molecular weight is 308 g/mol. The van der Waals surface area contributed by atoms with Crippen molar-refractivity contribution in [3.05, 3.63) is 59.8 Å². The van der Waals surface area contributed by atoms with Crippen LogP contribution in [0.15, 0.2) is 48.7 Å². The van der Waals surface area contributed by atoms with Gasteiger partial charge in [0.2, 0.25) is 5.91 Å². The van der Waals surface area contributed by atoms with Gasteiger partial charge in [-0.2, -0.15) is 0 Å². The average Bonchev–Trinajstić information content (AvgIpc) is 2.55. The summed E-state index contributed by atoms with van der Waals surface area (Å²) in [6.45, 7) is 4.28. The van der Waals surface area contributed by atoms with E-state index in [0.29, 0.717) is 6.42 Å². The lowest BCUT2D eigenvalue weighted by Gasteiger charge is -2.42. The molecular formula is C20H24N2O. The van der Waals surface area contributed by atoms with Crippen molar-refractivity contribution in [3.63, 3.8) is 0 Å². The molecule has 0 radical (unpaired) electrons. The first kappa shape index (κ1) is 15.7. The summed E-state index contributed by atoms with van der Waals surface area (Å²) >= 11 is 0. The molecule has 1 aromatic carbocycles. The number of hydrogen-bond acceptors (Lipinski definition) is 2. The van der Waals surface area contributed by atoms with E-state index in [1.54, 1.807) is 6.20 Å². The fourth-order valence-corrected chi connectivity index (χ4v) is 3.32. The highest BCUT2D eigenvalue weighted by Crippen LogP contribution is 2.35. The summed E-state index contributed by atoms with van der Waals surface area (Å²) in [5.74, 6) is 1.04. The number of amides is 1. The number of anilines is 1. The Morgan fingerprint density at radius 1 is 1.17 bits per heavy atom. The molecule has 1 aliphatic rings. The zero-order valence-corrected chi connectivity index (χ0v) is 14.0. The van der Waals surface area contributed by atoms with Crippen LogP contribution in [-0.4, -0.2) is 16.4 Å². The molecule has 1 aliphatic heterocycles. The largest absolute Gasteiger partial charge is 0.291 e. The van der Waals surface area contributed by atoms with Gasteiger partial charge in [-0.1, -0.05) is 36.4 Å². The molecule has 0 saturated carbocycles. The zero-order chi connectivity index (χ0) is 16.3. The van der Waals surface area contributed by atoms with Crippen molar-refractivity contribution in [1.29, 1.82) is 0 Å². The van der Waals surface area contributed by atoms with Crippen molar-refractivity contribution >= 4 is 11.7 Å². The fraction of sp³-hybridized carbons (Fsp3) is 0.400. The summed E-state index contributed by atoms with van der Waals surface area (Å²) in [4.78, 5) is 19.3. The molecule has 3 rings (SSSR count). The standard InChI is InChI=1S/C20H24N2O/c1-20(2)14-13-17-11-7-15-21-19(17)22(20)18(23)12-6-10-16-8-4-3-5-9-16/h3-5,7-9,11,15H,6,10,12-14H2,1-2H3. The van der Waals surface area contributed by atoms with E-state index in [1.165, 1.54) is 11.1 Å². The second-order valence-corrected chi connectivity index (χ2v) is 6.87. The number of fused-ring (bicyclic) bond motifs is 1. The Hall–Kier alpha value is -2.16. The van der Waals surface area contributed by atoms with Crippen molar-refractivity contribution < 1.29 is 4.79 Å². The first-order valence-corrected chi connectivity index (χ1v) is 8.39. The zero-order valence-electron chi connectivity index (χ0n) is 14.0. The third kappa shape index (κ3) is 3.44. The van der Waals surface area contributed by atoms with Crippen LogP contribution in [0.1, 0.15) is 44.2 Å². The Labute approximate surface area is 138 Å². The third-order valence-corrected chi connectivity index (χ3v) is 4.64. The predicted molar refractivity (Wildman–Crippen MR) is 93.5 cm³/mol. The summed E-state index contributed by atoms with van der Waals surface area (Å²) in [6, 6.07) is 14.4. The number of aromatic nitrogens is 1. The summed E-state index contributed by atoms with van der Waals surface area (Å²) in [7, 11) is 0. The van der Waals surface area contributed by atoms with Crippen LogP contribution in [0.5, 0.6) is 0 Å². The second-order valence-electron chi connectivity index (χ2n) is 6.87. The number of carbonyl (C=O) groups is 1. The van der Waals surface area contributed by atoms with Crippen LogP contribution >= 0.6 is 0 Å². The summed E-state index contributed by atoms with van der Waals surface area (Å²) < 4.78 is 0. The van der Waals surface area contributed by atoms with Crippen LogP contribution in [0.3, 0.4) is 0 Å². The van der Waals surface area contributed by atoms with Crippen molar-refractivity contribution in [2.24, 2.45) is 0 Å². The Kier molecular flexibility index (Phi) is 4.46. The smallest absolute Gasteiger partial charge is 0.228 e. The summed E-state index contributed by atoms with van der Waals surface area (Å²) in [6.07, 6.45) is 6.13. The Morgan fingerprint density at radius 3 is 2.74 bits per heavy atom. The highest BCUT2D eigenvalue weighted by atomic mass is 16.2. The topological polar surface area (TPSA) is 33.2 Å². The second kappa shape index (κ2) is 6.53. The minimum atomic E-state index is -0.162. The molecule has 0 bridgehead atoms. The van der Waals surface area contributed by atoms with E-state index in [1.807, 2.05) is 29.2 Å². The van der Waals surface area contributed by atoms with Crippen molar-refractivity contribution in [2.45, 2.75) is 51.5 Å². The lowest BCUT2D eigenvalue weighted by molar-refractivity contribution is -0.120. The number of rotatable bonds is 4. The van der Waals surface area contributed by atoms with Crippen molar-refractivity contribution in [2.75, 3.05) is 4.90 Å². The molecule has 0 unspecified atom stereocenters. The number of nitrogens with zero attached hydrogens (tertiary/aromatic N) is 2. The molecular weight excluding hydrogens is 284 g/mol. The number of carbonyl (C=O) groups excluding carboxylic acids is 1. The van der Waals surface area contributed by atoms with E-state index in [2.05, 4.69) is 37.0 Å². The van der Waals surface area contributed by atoms with Gasteiger partial charge in [-0.3, -0.25) is 9.69 Å². The van der Waals surface area contributed by atoms with Gasteiger partial charge in [0.1, 0.15) is 5.82 Å². The fourth-order valence-electron chi connectivity index (χ4n) is 3.32. The molecule has 1 aromatic heterocycles. The van der Waals surface area contributed by atoms with Crippen LogP contribution < -0.4 is 4.90 Å². The van der Waals surface area contributed by atoms with Gasteiger partial charge in [-0.25, -0.2) is 4.98 Å². The van der Waals surface area contributed by atoms with Gasteiger partial charge in [0, 0.05) is 18.2 Å². The van der Waals surface area contributed by atoms with E-state index in [0.717, 1.165) is 31.5 Å². The molecule has 1 amide bonds. The monoisotopic (exact) mass is 308 g/mol. The number of pyridine rings is 1. The number of aryl methyl sites for hydroxylation is 2. The summed E-state index contributed by atoms with van der Waals surface area (Å²) in [5.41, 5.74) is 2.31. The molecule has 0 fully saturated rings.